The van der Waals surface area contributed by atoms with Crippen LogP contribution in [0, 0.1) is 6.92 Å². The quantitative estimate of drug-likeness (QED) is 0.804. The Bertz CT molecular complexity index is 335. The molecule has 0 unspecified atom stereocenters. The standard InChI is InChI=1S/C12H21N3/c1-10-8-15(2)14-11(10)12(9-13)6-4-3-5-7-12/h8H,3-7,9,13H2,1-2H3. The molecule has 1 fully saturated rings. The van der Waals surface area contributed by atoms with Crippen LogP contribution < -0.4 is 5.73 Å². The number of nitrogens with zero attached hydrogens (tertiary/aromatic N) is 2. The highest BCUT2D eigenvalue weighted by molar-refractivity contribution is 5.26. The third kappa shape index (κ3) is 1.81. The van der Waals surface area contributed by atoms with Gasteiger partial charge in [0.25, 0.3) is 0 Å². The lowest BCUT2D eigenvalue weighted by molar-refractivity contribution is 0.291. The molecule has 2 rings (SSSR count). The summed E-state index contributed by atoms with van der Waals surface area (Å²) in [6.45, 7) is 2.89. The zero-order valence-electron chi connectivity index (χ0n) is 9.79. The van der Waals surface area contributed by atoms with Crippen molar-refractivity contribution in [3.8, 4) is 0 Å². The first-order valence-electron chi connectivity index (χ1n) is 5.89. The molecule has 0 atom stereocenters. The Labute approximate surface area is 91.7 Å². The van der Waals surface area contributed by atoms with Gasteiger partial charge in [-0.1, -0.05) is 19.3 Å². The second-order valence-corrected chi connectivity index (χ2v) is 4.88. The third-order valence-electron chi connectivity index (χ3n) is 3.72. The number of hydrogen-bond donors (Lipinski definition) is 1. The van der Waals surface area contributed by atoms with Gasteiger partial charge in [0.15, 0.2) is 0 Å². The molecule has 3 heteroatoms. The van der Waals surface area contributed by atoms with Gasteiger partial charge in [0.2, 0.25) is 0 Å². The van der Waals surface area contributed by atoms with E-state index in [0.717, 1.165) is 6.54 Å². The maximum atomic E-state index is 6.00. The summed E-state index contributed by atoms with van der Waals surface area (Å²) >= 11 is 0. The van der Waals surface area contributed by atoms with E-state index in [9.17, 15) is 0 Å². The van der Waals surface area contributed by atoms with Crippen LogP contribution in [0.4, 0.5) is 0 Å². The predicted molar refractivity (Wildman–Crippen MR) is 61.8 cm³/mol. The molecule has 1 saturated carbocycles. The Hall–Kier alpha value is -0.830. The van der Waals surface area contributed by atoms with Gasteiger partial charge in [-0.25, -0.2) is 0 Å². The lowest BCUT2D eigenvalue weighted by atomic mass is 9.71. The summed E-state index contributed by atoms with van der Waals surface area (Å²) in [7, 11) is 1.99. The maximum absolute atomic E-state index is 6.00. The number of aromatic nitrogens is 2. The van der Waals surface area contributed by atoms with Gasteiger partial charge in [0.05, 0.1) is 5.69 Å². The van der Waals surface area contributed by atoms with Crippen molar-refractivity contribution in [3.05, 3.63) is 17.5 Å². The van der Waals surface area contributed by atoms with Crippen LogP contribution in [0.3, 0.4) is 0 Å². The van der Waals surface area contributed by atoms with Gasteiger partial charge in [-0.3, -0.25) is 4.68 Å². The van der Waals surface area contributed by atoms with Gasteiger partial charge in [-0.15, -0.1) is 0 Å². The van der Waals surface area contributed by atoms with Crippen LogP contribution in [0.2, 0.25) is 0 Å². The van der Waals surface area contributed by atoms with E-state index in [1.165, 1.54) is 43.4 Å². The number of rotatable bonds is 2. The minimum Gasteiger partial charge on any atom is -0.330 e. The van der Waals surface area contributed by atoms with Gasteiger partial charge in [0, 0.05) is 25.2 Å². The summed E-state index contributed by atoms with van der Waals surface area (Å²) in [6.07, 6.45) is 8.47. The van der Waals surface area contributed by atoms with Gasteiger partial charge in [-0.2, -0.15) is 5.10 Å². The van der Waals surface area contributed by atoms with Gasteiger partial charge in [-0.05, 0) is 25.3 Å². The molecule has 15 heavy (non-hydrogen) atoms. The minimum absolute atomic E-state index is 0.170. The van der Waals surface area contributed by atoms with Crippen LogP contribution >= 0.6 is 0 Å². The highest BCUT2D eigenvalue weighted by Crippen LogP contribution is 2.38. The number of nitrogens with two attached hydrogens (primary N) is 1. The van der Waals surface area contributed by atoms with Crippen molar-refractivity contribution in [3.63, 3.8) is 0 Å². The van der Waals surface area contributed by atoms with E-state index < -0.39 is 0 Å². The zero-order chi connectivity index (χ0) is 10.9. The fourth-order valence-corrected chi connectivity index (χ4v) is 2.90. The summed E-state index contributed by atoms with van der Waals surface area (Å²) in [5.41, 5.74) is 8.71. The van der Waals surface area contributed by atoms with E-state index >= 15 is 0 Å². The largest absolute Gasteiger partial charge is 0.330 e. The Balaban J connectivity index is 2.36. The molecular weight excluding hydrogens is 186 g/mol. The van der Waals surface area contributed by atoms with Gasteiger partial charge in [0.1, 0.15) is 0 Å². The zero-order valence-corrected chi connectivity index (χ0v) is 9.79. The molecule has 0 saturated heterocycles. The van der Waals surface area contributed by atoms with E-state index in [2.05, 4.69) is 18.2 Å². The van der Waals surface area contributed by atoms with Crippen molar-refractivity contribution in [2.24, 2.45) is 12.8 Å². The summed E-state index contributed by atoms with van der Waals surface area (Å²) in [6, 6.07) is 0. The highest BCUT2D eigenvalue weighted by atomic mass is 15.3. The molecule has 0 spiro atoms. The second kappa shape index (κ2) is 3.97. The fourth-order valence-electron chi connectivity index (χ4n) is 2.90. The van der Waals surface area contributed by atoms with Crippen LogP contribution in [0.1, 0.15) is 43.4 Å². The Morgan fingerprint density at radius 1 is 1.40 bits per heavy atom. The molecule has 0 radical (unpaired) electrons. The van der Waals surface area contributed by atoms with Gasteiger partial charge < -0.3 is 5.73 Å². The van der Waals surface area contributed by atoms with E-state index in [-0.39, 0.29) is 5.41 Å². The first-order valence-corrected chi connectivity index (χ1v) is 5.89. The maximum Gasteiger partial charge on any atom is 0.0727 e. The lowest BCUT2D eigenvalue weighted by Gasteiger charge is -2.35. The summed E-state index contributed by atoms with van der Waals surface area (Å²) < 4.78 is 1.91. The predicted octanol–water partition coefficient (Wildman–Crippen LogP) is 1.89. The first-order chi connectivity index (χ1) is 7.18. The Kier molecular flexibility index (Phi) is 2.83. The summed E-state index contributed by atoms with van der Waals surface area (Å²) in [5, 5.41) is 4.61. The van der Waals surface area contributed by atoms with E-state index in [4.69, 9.17) is 5.73 Å². The third-order valence-corrected chi connectivity index (χ3v) is 3.72. The Morgan fingerprint density at radius 3 is 2.53 bits per heavy atom. The van der Waals surface area contributed by atoms with E-state index in [1.54, 1.807) is 0 Å². The molecular formula is C12H21N3. The van der Waals surface area contributed by atoms with Crippen LogP contribution in [0.5, 0.6) is 0 Å². The van der Waals surface area contributed by atoms with Crippen molar-refractivity contribution in [2.75, 3.05) is 6.54 Å². The molecule has 84 valence electrons. The minimum atomic E-state index is 0.170. The number of hydrogen-bond acceptors (Lipinski definition) is 2. The molecule has 1 aliphatic rings. The Morgan fingerprint density at radius 2 is 2.07 bits per heavy atom. The van der Waals surface area contributed by atoms with E-state index in [0.29, 0.717) is 0 Å². The first kappa shape index (κ1) is 10.7. The summed E-state index contributed by atoms with van der Waals surface area (Å²) in [5.74, 6) is 0. The van der Waals surface area contributed by atoms with Gasteiger partial charge >= 0.3 is 0 Å². The summed E-state index contributed by atoms with van der Waals surface area (Å²) in [4.78, 5) is 0. The molecule has 0 amide bonds. The van der Waals surface area contributed by atoms with Crippen molar-refractivity contribution in [2.45, 2.75) is 44.4 Å². The van der Waals surface area contributed by atoms with Crippen molar-refractivity contribution in [1.29, 1.82) is 0 Å². The number of aryl methyl sites for hydroxylation is 2. The molecule has 0 aromatic carbocycles. The molecule has 0 aliphatic heterocycles. The fraction of sp³-hybridized carbons (Fsp3) is 0.750. The molecule has 3 nitrogen and oxygen atoms in total. The molecule has 0 bridgehead atoms. The van der Waals surface area contributed by atoms with Crippen LogP contribution in [0.15, 0.2) is 6.20 Å². The smallest absolute Gasteiger partial charge is 0.0727 e. The highest BCUT2D eigenvalue weighted by Gasteiger charge is 2.35. The van der Waals surface area contributed by atoms with Crippen LogP contribution in [-0.2, 0) is 12.5 Å². The molecule has 1 aromatic rings. The normalized spacial score (nSPS) is 20.5. The molecule has 1 aliphatic carbocycles. The molecule has 1 aromatic heterocycles. The van der Waals surface area contributed by atoms with Crippen molar-refractivity contribution < 1.29 is 0 Å². The van der Waals surface area contributed by atoms with Crippen molar-refractivity contribution in [1.82, 2.24) is 9.78 Å². The van der Waals surface area contributed by atoms with E-state index in [1.807, 2.05) is 11.7 Å². The molecule has 2 N–H and O–H groups in total. The van der Waals surface area contributed by atoms with Crippen LogP contribution in [0.25, 0.3) is 0 Å². The van der Waals surface area contributed by atoms with Crippen molar-refractivity contribution >= 4 is 0 Å². The molecule has 1 heterocycles. The second-order valence-electron chi connectivity index (χ2n) is 4.88. The average molecular weight is 207 g/mol. The van der Waals surface area contributed by atoms with Crippen LogP contribution in [-0.4, -0.2) is 16.3 Å². The monoisotopic (exact) mass is 207 g/mol. The lowest BCUT2D eigenvalue weighted by Crippen LogP contribution is -2.38. The SMILES string of the molecule is Cc1cn(C)nc1C1(CN)CCCCC1. The topological polar surface area (TPSA) is 43.8 Å². The average Bonchev–Trinajstić information content (AvgIpc) is 2.59.